The van der Waals surface area contributed by atoms with Crippen LogP contribution < -0.4 is 4.74 Å². The van der Waals surface area contributed by atoms with Crippen LogP contribution >= 0.6 is 0 Å². The Kier molecular flexibility index (Phi) is 3.98. The molecule has 0 atom stereocenters. The molecule has 0 aliphatic carbocycles. The first-order valence-corrected chi connectivity index (χ1v) is 4.57. The molecule has 0 unspecified atom stereocenters. The standard InChI is InChI=1S/C11H14O3/c1-14-11-8-10(13)6-5-9(11)4-2-3-7-12/h5-8,13H,2-4H2,1H3. The van der Waals surface area contributed by atoms with E-state index in [1.165, 1.54) is 0 Å². The summed E-state index contributed by atoms with van der Waals surface area (Å²) >= 11 is 0. The maximum Gasteiger partial charge on any atom is 0.125 e. The molecule has 0 aliphatic rings. The molecule has 1 rings (SSSR count). The predicted molar refractivity (Wildman–Crippen MR) is 53.7 cm³/mol. The lowest BCUT2D eigenvalue weighted by molar-refractivity contribution is -0.107. The van der Waals surface area contributed by atoms with Crippen LogP contribution in [0.15, 0.2) is 18.2 Å². The van der Waals surface area contributed by atoms with Crippen molar-refractivity contribution in [1.82, 2.24) is 0 Å². The number of hydrogen-bond acceptors (Lipinski definition) is 3. The van der Waals surface area contributed by atoms with Crippen molar-refractivity contribution in [3.05, 3.63) is 23.8 Å². The van der Waals surface area contributed by atoms with Crippen LogP contribution in [0.4, 0.5) is 0 Å². The van der Waals surface area contributed by atoms with Crippen molar-refractivity contribution in [3.8, 4) is 11.5 Å². The molecule has 0 spiro atoms. The number of methoxy groups -OCH3 is 1. The van der Waals surface area contributed by atoms with Crippen LogP contribution in [0.3, 0.4) is 0 Å². The van der Waals surface area contributed by atoms with E-state index in [9.17, 15) is 9.90 Å². The molecule has 1 aromatic rings. The van der Waals surface area contributed by atoms with E-state index in [-0.39, 0.29) is 5.75 Å². The maximum atomic E-state index is 10.1. The Labute approximate surface area is 83.3 Å². The number of hydrogen-bond donors (Lipinski definition) is 1. The van der Waals surface area contributed by atoms with Gasteiger partial charge in [0.2, 0.25) is 0 Å². The highest BCUT2D eigenvalue weighted by molar-refractivity contribution is 5.49. The number of carbonyl (C=O) groups excluding carboxylic acids is 1. The Balaban J connectivity index is 2.69. The summed E-state index contributed by atoms with van der Waals surface area (Å²) in [7, 11) is 1.57. The first kappa shape index (κ1) is 10.6. The second kappa shape index (κ2) is 5.27. The molecule has 1 N–H and O–H groups in total. The van der Waals surface area contributed by atoms with Gasteiger partial charge < -0.3 is 14.6 Å². The third kappa shape index (κ3) is 2.76. The van der Waals surface area contributed by atoms with E-state index in [0.717, 1.165) is 24.7 Å². The number of aromatic hydroxyl groups is 1. The number of phenolic OH excluding ortho intramolecular Hbond substituents is 1. The molecule has 0 saturated heterocycles. The van der Waals surface area contributed by atoms with E-state index in [1.807, 2.05) is 6.07 Å². The first-order chi connectivity index (χ1) is 6.77. The molecule has 0 heterocycles. The highest BCUT2D eigenvalue weighted by Gasteiger charge is 2.03. The van der Waals surface area contributed by atoms with E-state index in [1.54, 1.807) is 19.2 Å². The number of aldehydes is 1. The third-order valence-corrected chi connectivity index (χ3v) is 2.04. The molecule has 0 amide bonds. The highest BCUT2D eigenvalue weighted by atomic mass is 16.5. The highest BCUT2D eigenvalue weighted by Crippen LogP contribution is 2.24. The lowest BCUT2D eigenvalue weighted by Crippen LogP contribution is -1.92. The van der Waals surface area contributed by atoms with Gasteiger partial charge in [0.1, 0.15) is 17.8 Å². The summed E-state index contributed by atoms with van der Waals surface area (Å²) in [5.41, 5.74) is 1.02. The molecule has 76 valence electrons. The summed E-state index contributed by atoms with van der Waals surface area (Å²) < 4.78 is 5.11. The van der Waals surface area contributed by atoms with Gasteiger partial charge in [-0.05, 0) is 24.5 Å². The minimum absolute atomic E-state index is 0.195. The summed E-state index contributed by atoms with van der Waals surface area (Å²) in [5.74, 6) is 0.872. The molecule has 0 fully saturated rings. The largest absolute Gasteiger partial charge is 0.508 e. The zero-order valence-corrected chi connectivity index (χ0v) is 8.19. The van der Waals surface area contributed by atoms with Gasteiger partial charge in [-0.25, -0.2) is 0 Å². The van der Waals surface area contributed by atoms with E-state index < -0.39 is 0 Å². The lowest BCUT2D eigenvalue weighted by Gasteiger charge is -2.07. The second-order valence-electron chi connectivity index (χ2n) is 3.06. The smallest absolute Gasteiger partial charge is 0.125 e. The van der Waals surface area contributed by atoms with E-state index in [0.29, 0.717) is 12.2 Å². The van der Waals surface area contributed by atoms with Gasteiger partial charge in [-0.15, -0.1) is 0 Å². The normalized spacial score (nSPS) is 9.79. The Hall–Kier alpha value is -1.51. The molecule has 1 aromatic carbocycles. The summed E-state index contributed by atoms with van der Waals surface area (Å²) in [4.78, 5) is 10.1. The topological polar surface area (TPSA) is 46.5 Å². The maximum absolute atomic E-state index is 10.1. The molecule has 0 aromatic heterocycles. The van der Waals surface area contributed by atoms with Gasteiger partial charge in [0.15, 0.2) is 0 Å². The number of unbranched alkanes of at least 4 members (excludes halogenated alkanes) is 1. The average molecular weight is 194 g/mol. The van der Waals surface area contributed by atoms with E-state index in [4.69, 9.17) is 4.74 Å². The number of rotatable bonds is 5. The van der Waals surface area contributed by atoms with Crippen LogP contribution in [-0.2, 0) is 11.2 Å². The van der Waals surface area contributed by atoms with Gasteiger partial charge in [-0.2, -0.15) is 0 Å². The molecule has 0 radical (unpaired) electrons. The minimum Gasteiger partial charge on any atom is -0.508 e. The number of phenols is 1. The minimum atomic E-state index is 0.195. The van der Waals surface area contributed by atoms with Crippen molar-refractivity contribution in [2.45, 2.75) is 19.3 Å². The molecule has 3 nitrogen and oxygen atoms in total. The fraction of sp³-hybridized carbons (Fsp3) is 0.364. The van der Waals surface area contributed by atoms with Crippen LogP contribution in [0, 0.1) is 0 Å². The quantitative estimate of drug-likeness (QED) is 0.575. The molecule has 0 saturated carbocycles. The summed E-state index contributed by atoms with van der Waals surface area (Å²) in [6, 6.07) is 5.02. The average Bonchev–Trinajstić information content (AvgIpc) is 2.20. The number of carbonyl (C=O) groups is 1. The van der Waals surface area contributed by atoms with Gasteiger partial charge in [0.05, 0.1) is 7.11 Å². The van der Waals surface area contributed by atoms with Gasteiger partial charge in [-0.3, -0.25) is 0 Å². The van der Waals surface area contributed by atoms with Crippen LogP contribution in [-0.4, -0.2) is 18.5 Å². The van der Waals surface area contributed by atoms with Crippen molar-refractivity contribution in [2.24, 2.45) is 0 Å². The van der Waals surface area contributed by atoms with Crippen molar-refractivity contribution >= 4 is 6.29 Å². The summed E-state index contributed by atoms with van der Waals surface area (Å²) in [5, 5.41) is 9.20. The molecule has 0 aliphatic heterocycles. The van der Waals surface area contributed by atoms with Crippen molar-refractivity contribution in [3.63, 3.8) is 0 Å². The fourth-order valence-electron chi connectivity index (χ4n) is 1.32. The monoisotopic (exact) mass is 194 g/mol. The van der Waals surface area contributed by atoms with E-state index >= 15 is 0 Å². The van der Waals surface area contributed by atoms with Gasteiger partial charge in [0.25, 0.3) is 0 Å². The first-order valence-electron chi connectivity index (χ1n) is 4.57. The number of benzene rings is 1. The van der Waals surface area contributed by atoms with Crippen LogP contribution in [0.1, 0.15) is 18.4 Å². The molecule has 3 heteroatoms. The van der Waals surface area contributed by atoms with Gasteiger partial charge >= 0.3 is 0 Å². The van der Waals surface area contributed by atoms with Crippen molar-refractivity contribution in [1.29, 1.82) is 0 Å². The molecule has 14 heavy (non-hydrogen) atoms. The zero-order chi connectivity index (χ0) is 10.4. The van der Waals surface area contributed by atoms with Crippen LogP contribution in [0.2, 0.25) is 0 Å². The Morgan fingerprint density at radius 3 is 2.93 bits per heavy atom. The Morgan fingerprint density at radius 1 is 1.50 bits per heavy atom. The molecular formula is C11H14O3. The van der Waals surface area contributed by atoms with Crippen molar-refractivity contribution in [2.75, 3.05) is 7.11 Å². The third-order valence-electron chi connectivity index (χ3n) is 2.04. The van der Waals surface area contributed by atoms with Gasteiger partial charge in [-0.1, -0.05) is 6.07 Å². The SMILES string of the molecule is COc1cc(O)ccc1CCCC=O. The lowest BCUT2D eigenvalue weighted by atomic mass is 10.1. The zero-order valence-electron chi connectivity index (χ0n) is 8.19. The van der Waals surface area contributed by atoms with Crippen molar-refractivity contribution < 1.29 is 14.6 Å². The Bertz CT molecular complexity index is 307. The Morgan fingerprint density at radius 2 is 2.29 bits per heavy atom. The number of ether oxygens (including phenoxy) is 1. The van der Waals surface area contributed by atoms with Crippen LogP contribution in [0.25, 0.3) is 0 Å². The summed E-state index contributed by atoms with van der Waals surface area (Å²) in [6.07, 6.45) is 3.07. The van der Waals surface area contributed by atoms with Gasteiger partial charge in [0, 0.05) is 12.5 Å². The predicted octanol–water partition coefficient (Wildman–Crippen LogP) is 1.92. The van der Waals surface area contributed by atoms with E-state index in [2.05, 4.69) is 0 Å². The summed E-state index contributed by atoms with van der Waals surface area (Å²) in [6.45, 7) is 0. The molecular weight excluding hydrogens is 180 g/mol. The number of aryl methyl sites for hydroxylation is 1. The second-order valence-corrected chi connectivity index (χ2v) is 3.06. The fourth-order valence-corrected chi connectivity index (χ4v) is 1.32. The van der Waals surface area contributed by atoms with Crippen LogP contribution in [0.5, 0.6) is 11.5 Å². The molecule has 0 bridgehead atoms.